The van der Waals surface area contributed by atoms with Crippen LogP contribution < -0.4 is 4.90 Å². The first-order valence-corrected chi connectivity index (χ1v) is 9.09. The predicted octanol–water partition coefficient (Wildman–Crippen LogP) is 4.91. The molecular weight excluding hydrogens is 323 g/mol. The first kappa shape index (κ1) is 18.3. The Bertz CT molecular complexity index is 400. The number of rotatable bonds is 10. The molecule has 0 aliphatic carbocycles. The molecule has 0 saturated heterocycles. The second-order valence-electron chi connectivity index (χ2n) is 5.76. The van der Waals surface area contributed by atoms with Crippen LogP contribution in [0, 0.1) is 5.41 Å². The van der Waals surface area contributed by atoms with E-state index in [1.165, 1.54) is 63.4 Å². The van der Waals surface area contributed by atoms with E-state index in [0.717, 1.165) is 5.69 Å². The number of anilines is 1. The molecule has 3 heteroatoms. The van der Waals surface area contributed by atoms with Crippen LogP contribution in [0.5, 0.6) is 0 Å². The average molecular weight is 352 g/mol. The van der Waals surface area contributed by atoms with Gasteiger partial charge in [0.25, 0.3) is 0 Å². The molecule has 0 atom stereocenters. The molecule has 1 rings (SSSR count). The Balaban J connectivity index is 2.17. The molecule has 0 aromatic heterocycles. The molecule has 1 radical (unpaired) electrons. The summed E-state index contributed by atoms with van der Waals surface area (Å²) < 4.78 is 0.450. The third kappa shape index (κ3) is 7.68. The van der Waals surface area contributed by atoms with Crippen molar-refractivity contribution in [2.75, 3.05) is 11.9 Å². The van der Waals surface area contributed by atoms with E-state index in [1.54, 1.807) is 0 Å². The standard InChI is InChI=1S/C18H29N2Se/c1-3-4-5-6-7-8-9-10-11-16-12-14-17(15-13-16)20(2)18(19)21/h12-15,19H,3-11H2,1-2H3. The number of hydrogen-bond acceptors (Lipinski definition) is 1. The molecule has 2 nitrogen and oxygen atoms in total. The Kier molecular flexibility index (Phi) is 9.45. The summed E-state index contributed by atoms with van der Waals surface area (Å²) in [5, 5.41) is 7.58. The van der Waals surface area contributed by atoms with Crippen molar-refractivity contribution >= 4 is 26.4 Å². The van der Waals surface area contributed by atoms with Gasteiger partial charge >= 0.3 is 112 Å². The van der Waals surface area contributed by atoms with Gasteiger partial charge in [0.15, 0.2) is 0 Å². The fraction of sp³-hybridized carbons (Fsp3) is 0.611. The van der Waals surface area contributed by atoms with Crippen LogP contribution in [-0.4, -0.2) is 27.8 Å². The van der Waals surface area contributed by atoms with Gasteiger partial charge in [-0.25, -0.2) is 0 Å². The summed E-state index contributed by atoms with van der Waals surface area (Å²) in [7, 11) is 1.91. The summed E-state index contributed by atoms with van der Waals surface area (Å²) in [6.07, 6.45) is 12.2. The van der Waals surface area contributed by atoms with Crippen LogP contribution in [-0.2, 0) is 6.42 Å². The maximum absolute atomic E-state index is 7.58. The van der Waals surface area contributed by atoms with E-state index in [-0.39, 0.29) is 0 Å². The summed E-state index contributed by atoms with van der Waals surface area (Å²) in [6, 6.07) is 8.59. The molecule has 0 amide bonds. The minimum atomic E-state index is 0.450. The summed E-state index contributed by atoms with van der Waals surface area (Å²) >= 11 is 2.73. The third-order valence-electron chi connectivity index (χ3n) is 3.95. The van der Waals surface area contributed by atoms with Crippen molar-refractivity contribution < 1.29 is 0 Å². The second kappa shape index (κ2) is 10.9. The van der Waals surface area contributed by atoms with Gasteiger partial charge in [-0.2, -0.15) is 0 Å². The molecule has 0 unspecified atom stereocenters. The monoisotopic (exact) mass is 353 g/mol. The van der Waals surface area contributed by atoms with E-state index in [2.05, 4.69) is 47.2 Å². The fourth-order valence-corrected chi connectivity index (χ4v) is 2.69. The van der Waals surface area contributed by atoms with Gasteiger partial charge in [0.05, 0.1) is 0 Å². The van der Waals surface area contributed by atoms with E-state index in [0.29, 0.717) is 4.73 Å². The predicted molar refractivity (Wildman–Crippen MR) is 94.6 cm³/mol. The van der Waals surface area contributed by atoms with E-state index >= 15 is 0 Å². The minimum absolute atomic E-state index is 0.450. The molecule has 0 spiro atoms. The Hall–Kier alpha value is -0.791. The first-order chi connectivity index (χ1) is 10.1. The molecule has 0 heterocycles. The average Bonchev–Trinajstić information content (AvgIpc) is 2.49. The van der Waals surface area contributed by atoms with Gasteiger partial charge in [0, 0.05) is 0 Å². The van der Waals surface area contributed by atoms with Crippen LogP contribution in [0.2, 0.25) is 0 Å². The summed E-state index contributed by atoms with van der Waals surface area (Å²) in [4.78, 5) is 1.85. The molecule has 0 aliphatic rings. The number of nitrogens with zero attached hydrogens (tertiary/aromatic N) is 1. The van der Waals surface area contributed by atoms with Crippen molar-refractivity contribution in [2.24, 2.45) is 0 Å². The van der Waals surface area contributed by atoms with Crippen LogP contribution in [0.25, 0.3) is 0 Å². The van der Waals surface area contributed by atoms with Gasteiger partial charge in [-0.15, -0.1) is 0 Å². The van der Waals surface area contributed by atoms with Crippen LogP contribution in [0.15, 0.2) is 24.3 Å². The molecule has 0 bridgehead atoms. The SMILES string of the molecule is CCCCCCCCCCc1ccc(N(C)C(=N)[Se])cc1. The number of nitrogens with one attached hydrogen (secondary N) is 1. The van der Waals surface area contributed by atoms with E-state index in [9.17, 15) is 0 Å². The summed E-state index contributed by atoms with van der Waals surface area (Å²) in [6.45, 7) is 2.27. The zero-order chi connectivity index (χ0) is 15.5. The van der Waals surface area contributed by atoms with E-state index in [4.69, 9.17) is 5.41 Å². The first-order valence-electron chi connectivity index (χ1n) is 8.23. The zero-order valence-electron chi connectivity index (χ0n) is 13.5. The molecule has 0 fully saturated rings. The second-order valence-corrected chi connectivity index (χ2v) is 6.57. The van der Waals surface area contributed by atoms with Crippen LogP contribution in [0.4, 0.5) is 5.69 Å². The van der Waals surface area contributed by atoms with E-state index in [1.807, 2.05) is 11.9 Å². The molecule has 0 aliphatic heterocycles. The maximum atomic E-state index is 7.58. The number of hydrogen-bond donors (Lipinski definition) is 1. The summed E-state index contributed by atoms with van der Waals surface area (Å²) in [5.41, 5.74) is 2.48. The van der Waals surface area contributed by atoms with Gasteiger partial charge < -0.3 is 0 Å². The van der Waals surface area contributed by atoms with Gasteiger partial charge in [0.1, 0.15) is 0 Å². The molecule has 21 heavy (non-hydrogen) atoms. The van der Waals surface area contributed by atoms with Crippen LogP contribution in [0.3, 0.4) is 0 Å². The zero-order valence-corrected chi connectivity index (χ0v) is 15.2. The molecule has 1 N–H and O–H groups in total. The number of unbranched alkanes of at least 4 members (excludes halogenated alkanes) is 7. The number of aryl methyl sites for hydroxylation is 1. The van der Waals surface area contributed by atoms with Gasteiger partial charge in [-0.3, -0.25) is 0 Å². The molecule has 1 aromatic rings. The Labute approximate surface area is 138 Å². The molecule has 117 valence electrons. The molecule has 0 saturated carbocycles. The Morgan fingerprint density at radius 1 is 0.952 bits per heavy atom. The molecular formula is C18H29N2Se. The fourth-order valence-electron chi connectivity index (χ4n) is 2.47. The van der Waals surface area contributed by atoms with Crippen LogP contribution in [0.1, 0.15) is 63.9 Å². The van der Waals surface area contributed by atoms with Crippen molar-refractivity contribution in [1.29, 1.82) is 5.41 Å². The topological polar surface area (TPSA) is 27.1 Å². The van der Waals surface area contributed by atoms with E-state index < -0.39 is 0 Å². The van der Waals surface area contributed by atoms with Gasteiger partial charge in [-0.1, -0.05) is 26.2 Å². The van der Waals surface area contributed by atoms with Crippen molar-refractivity contribution in [3.8, 4) is 0 Å². The van der Waals surface area contributed by atoms with Crippen LogP contribution >= 0.6 is 0 Å². The Morgan fingerprint density at radius 3 is 2.00 bits per heavy atom. The van der Waals surface area contributed by atoms with Gasteiger partial charge in [0.2, 0.25) is 0 Å². The van der Waals surface area contributed by atoms with Gasteiger partial charge in [-0.05, 0) is 0 Å². The normalized spacial score (nSPS) is 10.6. The molecule has 1 aromatic carbocycles. The quantitative estimate of drug-likeness (QED) is 0.275. The van der Waals surface area contributed by atoms with Crippen molar-refractivity contribution in [2.45, 2.75) is 64.7 Å². The Morgan fingerprint density at radius 2 is 1.48 bits per heavy atom. The summed E-state index contributed by atoms with van der Waals surface area (Å²) in [5.74, 6) is 0. The van der Waals surface area contributed by atoms with Crippen molar-refractivity contribution in [3.63, 3.8) is 0 Å². The van der Waals surface area contributed by atoms with Crippen molar-refractivity contribution in [3.05, 3.63) is 29.8 Å². The number of benzene rings is 1. The van der Waals surface area contributed by atoms with Crippen molar-refractivity contribution in [1.82, 2.24) is 0 Å². The number of amidine groups is 1. The third-order valence-corrected chi connectivity index (χ3v) is 4.52.